The number of rotatable bonds is 3. The summed E-state index contributed by atoms with van der Waals surface area (Å²) in [7, 11) is 0. The maximum absolute atomic E-state index is 10.6. The average Bonchev–Trinajstić information content (AvgIpc) is 2.97. The van der Waals surface area contributed by atoms with Crippen LogP contribution in [0.3, 0.4) is 0 Å². The topological polar surface area (TPSA) is 48.8 Å². The van der Waals surface area contributed by atoms with Crippen LogP contribution in [0.2, 0.25) is 0 Å². The molecular weight excluding hydrogens is 290 g/mol. The van der Waals surface area contributed by atoms with E-state index in [1.165, 1.54) is 5.56 Å². The van der Waals surface area contributed by atoms with Crippen molar-refractivity contribution in [3.63, 3.8) is 0 Å². The molecule has 4 rings (SSSR count). The standard InChI is InChI=1S/C18H27N3O2/c22-18-9-16-13-20(11-14-2-1-3-19-10-14)12-15(16)8-17(18)21-4-6-23-7-5-21/h1-3,10,15-18,22H,4-9,11-13H2/t15-,16+,17-,18-/m1/s1. The zero-order valence-corrected chi connectivity index (χ0v) is 13.7. The van der Waals surface area contributed by atoms with E-state index in [9.17, 15) is 5.11 Å². The SMILES string of the molecule is O[C@@H]1C[C@H]2CN(Cc3cccnc3)C[C@H]2C[C@H]1N1CCOCC1. The van der Waals surface area contributed by atoms with Crippen LogP contribution in [0.5, 0.6) is 0 Å². The third-order valence-electron chi connectivity index (χ3n) is 5.83. The van der Waals surface area contributed by atoms with E-state index in [2.05, 4.69) is 20.9 Å². The van der Waals surface area contributed by atoms with Crippen molar-refractivity contribution in [1.29, 1.82) is 0 Å². The van der Waals surface area contributed by atoms with Crippen LogP contribution in [0.15, 0.2) is 24.5 Å². The molecule has 0 bridgehead atoms. The van der Waals surface area contributed by atoms with Gasteiger partial charge in [0.05, 0.1) is 19.3 Å². The Morgan fingerprint density at radius 2 is 1.96 bits per heavy atom. The van der Waals surface area contributed by atoms with Crippen molar-refractivity contribution in [2.75, 3.05) is 39.4 Å². The summed E-state index contributed by atoms with van der Waals surface area (Å²) in [4.78, 5) is 9.21. The maximum Gasteiger partial charge on any atom is 0.0698 e. The van der Waals surface area contributed by atoms with E-state index in [1.807, 2.05) is 18.5 Å². The zero-order valence-electron chi connectivity index (χ0n) is 13.7. The number of nitrogens with zero attached hydrogens (tertiary/aromatic N) is 3. The fraction of sp³-hybridized carbons (Fsp3) is 0.722. The molecule has 126 valence electrons. The monoisotopic (exact) mass is 317 g/mol. The fourth-order valence-electron chi connectivity index (χ4n) is 4.68. The van der Waals surface area contributed by atoms with Crippen LogP contribution in [0.25, 0.3) is 0 Å². The molecule has 0 unspecified atom stereocenters. The number of hydrogen-bond acceptors (Lipinski definition) is 5. The summed E-state index contributed by atoms with van der Waals surface area (Å²) >= 11 is 0. The molecule has 1 saturated carbocycles. The largest absolute Gasteiger partial charge is 0.391 e. The van der Waals surface area contributed by atoms with Crippen LogP contribution < -0.4 is 0 Å². The molecule has 23 heavy (non-hydrogen) atoms. The van der Waals surface area contributed by atoms with Gasteiger partial charge in [0, 0.05) is 51.2 Å². The molecule has 1 aromatic rings. The summed E-state index contributed by atoms with van der Waals surface area (Å²) in [6.45, 7) is 6.82. The normalized spacial score (nSPS) is 36.0. The lowest BCUT2D eigenvalue weighted by Crippen LogP contribution is -2.53. The van der Waals surface area contributed by atoms with Gasteiger partial charge in [-0.3, -0.25) is 14.8 Å². The molecule has 1 aromatic heterocycles. The van der Waals surface area contributed by atoms with Crippen LogP contribution >= 0.6 is 0 Å². The van der Waals surface area contributed by atoms with E-state index in [0.717, 1.165) is 64.7 Å². The highest BCUT2D eigenvalue weighted by atomic mass is 16.5. The lowest BCUT2D eigenvalue weighted by Gasteiger charge is -2.43. The van der Waals surface area contributed by atoms with Gasteiger partial charge in [-0.2, -0.15) is 0 Å². The summed E-state index contributed by atoms with van der Waals surface area (Å²) in [5.41, 5.74) is 1.29. The third-order valence-corrected chi connectivity index (χ3v) is 5.83. The van der Waals surface area contributed by atoms with Gasteiger partial charge < -0.3 is 9.84 Å². The first-order chi connectivity index (χ1) is 11.3. The molecule has 4 atom stereocenters. The highest BCUT2D eigenvalue weighted by molar-refractivity contribution is 5.09. The third kappa shape index (κ3) is 3.43. The molecule has 0 aromatic carbocycles. The predicted molar refractivity (Wildman–Crippen MR) is 87.9 cm³/mol. The van der Waals surface area contributed by atoms with Gasteiger partial charge in [-0.05, 0) is 36.3 Å². The number of morpholine rings is 1. The average molecular weight is 317 g/mol. The van der Waals surface area contributed by atoms with Crippen molar-refractivity contribution >= 4 is 0 Å². The number of aliphatic hydroxyl groups excluding tert-OH is 1. The lowest BCUT2D eigenvalue weighted by molar-refractivity contribution is -0.0520. The highest BCUT2D eigenvalue weighted by Gasteiger charge is 2.43. The quantitative estimate of drug-likeness (QED) is 0.901. The summed E-state index contributed by atoms with van der Waals surface area (Å²) in [6, 6.07) is 4.50. The van der Waals surface area contributed by atoms with Crippen molar-refractivity contribution in [1.82, 2.24) is 14.8 Å². The molecule has 1 N–H and O–H groups in total. The van der Waals surface area contributed by atoms with Crippen LogP contribution in [0.4, 0.5) is 0 Å². The van der Waals surface area contributed by atoms with Crippen LogP contribution in [-0.2, 0) is 11.3 Å². The molecule has 3 aliphatic rings. The summed E-state index contributed by atoms with van der Waals surface area (Å²) in [5.74, 6) is 1.38. The van der Waals surface area contributed by atoms with Gasteiger partial charge in [0.15, 0.2) is 0 Å². The van der Waals surface area contributed by atoms with E-state index < -0.39 is 0 Å². The van der Waals surface area contributed by atoms with E-state index >= 15 is 0 Å². The molecule has 0 amide bonds. The molecular formula is C18H27N3O2. The second-order valence-electron chi connectivity index (χ2n) is 7.33. The lowest BCUT2D eigenvalue weighted by atomic mass is 9.77. The van der Waals surface area contributed by atoms with Gasteiger partial charge in [-0.1, -0.05) is 6.07 Å². The van der Waals surface area contributed by atoms with Gasteiger partial charge in [0.1, 0.15) is 0 Å². The van der Waals surface area contributed by atoms with E-state index in [0.29, 0.717) is 12.0 Å². The minimum absolute atomic E-state index is 0.173. The Bertz CT molecular complexity index is 506. The molecule has 3 heterocycles. The predicted octanol–water partition coefficient (Wildman–Crippen LogP) is 0.985. The van der Waals surface area contributed by atoms with Crippen LogP contribution in [-0.4, -0.2) is 71.4 Å². The molecule has 0 spiro atoms. The number of fused-ring (bicyclic) bond motifs is 1. The zero-order chi connectivity index (χ0) is 15.6. The molecule has 5 heteroatoms. The van der Waals surface area contributed by atoms with Gasteiger partial charge in [0.2, 0.25) is 0 Å². The second kappa shape index (κ2) is 6.85. The number of pyridine rings is 1. The Balaban J connectivity index is 1.37. The number of hydrogen-bond donors (Lipinski definition) is 1. The van der Waals surface area contributed by atoms with Gasteiger partial charge in [0.25, 0.3) is 0 Å². The Morgan fingerprint density at radius 3 is 2.70 bits per heavy atom. The highest BCUT2D eigenvalue weighted by Crippen LogP contribution is 2.38. The minimum Gasteiger partial charge on any atom is -0.391 e. The Labute approximate surface area is 138 Å². The van der Waals surface area contributed by atoms with Crippen molar-refractivity contribution in [3.8, 4) is 0 Å². The Morgan fingerprint density at radius 1 is 1.17 bits per heavy atom. The molecule has 2 aliphatic heterocycles. The minimum atomic E-state index is -0.173. The number of likely N-dealkylation sites (tertiary alicyclic amines) is 1. The second-order valence-corrected chi connectivity index (χ2v) is 7.33. The van der Waals surface area contributed by atoms with Gasteiger partial charge >= 0.3 is 0 Å². The Hall–Kier alpha value is -1.01. The summed E-state index contributed by atoms with van der Waals surface area (Å²) in [5, 5.41) is 10.6. The van der Waals surface area contributed by atoms with Crippen molar-refractivity contribution < 1.29 is 9.84 Å². The van der Waals surface area contributed by atoms with Crippen molar-refractivity contribution in [3.05, 3.63) is 30.1 Å². The van der Waals surface area contributed by atoms with Crippen LogP contribution in [0, 0.1) is 11.8 Å². The van der Waals surface area contributed by atoms with E-state index in [4.69, 9.17) is 4.74 Å². The van der Waals surface area contributed by atoms with Crippen molar-refractivity contribution in [2.24, 2.45) is 11.8 Å². The number of ether oxygens (including phenoxy) is 1. The molecule has 3 fully saturated rings. The van der Waals surface area contributed by atoms with Gasteiger partial charge in [-0.25, -0.2) is 0 Å². The molecule has 0 radical (unpaired) electrons. The number of aromatic nitrogens is 1. The molecule has 5 nitrogen and oxygen atoms in total. The van der Waals surface area contributed by atoms with Crippen LogP contribution in [0.1, 0.15) is 18.4 Å². The maximum atomic E-state index is 10.6. The van der Waals surface area contributed by atoms with E-state index in [1.54, 1.807) is 0 Å². The summed E-state index contributed by atoms with van der Waals surface area (Å²) in [6.07, 6.45) is 5.71. The summed E-state index contributed by atoms with van der Waals surface area (Å²) < 4.78 is 5.46. The first-order valence-electron chi connectivity index (χ1n) is 8.91. The first-order valence-corrected chi connectivity index (χ1v) is 8.91. The Kier molecular flexibility index (Phi) is 4.62. The molecule has 2 saturated heterocycles. The fourth-order valence-corrected chi connectivity index (χ4v) is 4.68. The van der Waals surface area contributed by atoms with Crippen molar-refractivity contribution in [2.45, 2.75) is 31.5 Å². The number of aliphatic hydroxyl groups is 1. The molecule has 1 aliphatic carbocycles. The van der Waals surface area contributed by atoms with E-state index in [-0.39, 0.29) is 6.10 Å². The smallest absolute Gasteiger partial charge is 0.0698 e. The van der Waals surface area contributed by atoms with Gasteiger partial charge in [-0.15, -0.1) is 0 Å². The first kappa shape index (κ1) is 15.5.